The summed E-state index contributed by atoms with van der Waals surface area (Å²) in [5.74, 6) is -0.469. The molecule has 1 rings (SSSR count). The van der Waals surface area contributed by atoms with Gasteiger partial charge in [-0.05, 0) is 18.6 Å². The summed E-state index contributed by atoms with van der Waals surface area (Å²) >= 11 is 0. The van der Waals surface area contributed by atoms with Crippen molar-refractivity contribution in [2.45, 2.75) is 19.4 Å². The van der Waals surface area contributed by atoms with E-state index >= 15 is 0 Å². The van der Waals surface area contributed by atoms with Crippen molar-refractivity contribution < 1.29 is 14.6 Å². The maximum Gasteiger partial charge on any atom is 0.344 e. The molecule has 1 aromatic rings. The van der Waals surface area contributed by atoms with E-state index in [4.69, 9.17) is 9.84 Å². The third-order valence-corrected chi connectivity index (χ3v) is 1.56. The van der Waals surface area contributed by atoms with Crippen LogP contribution in [0.15, 0.2) is 24.5 Å². The molecule has 0 saturated carbocycles. The highest BCUT2D eigenvalue weighted by atomic mass is 16.5. The van der Waals surface area contributed by atoms with Crippen LogP contribution < -0.4 is 4.74 Å². The van der Waals surface area contributed by atoms with Crippen LogP contribution in [0.3, 0.4) is 0 Å². The summed E-state index contributed by atoms with van der Waals surface area (Å²) < 4.78 is 5.16. The highest BCUT2D eigenvalue weighted by molar-refractivity contribution is 5.72. The Morgan fingerprint density at radius 1 is 1.77 bits per heavy atom. The monoisotopic (exact) mass is 181 g/mol. The van der Waals surface area contributed by atoms with E-state index in [-0.39, 0.29) is 0 Å². The van der Waals surface area contributed by atoms with E-state index in [1.54, 1.807) is 25.3 Å². The Balaban J connectivity index is 2.62. The van der Waals surface area contributed by atoms with Gasteiger partial charge in [-0.2, -0.15) is 0 Å². The number of nitrogens with zero attached hydrogens (tertiary/aromatic N) is 1. The molecule has 1 heterocycles. The zero-order valence-electron chi connectivity index (χ0n) is 7.30. The predicted molar refractivity (Wildman–Crippen MR) is 46.6 cm³/mol. The van der Waals surface area contributed by atoms with Crippen molar-refractivity contribution in [1.29, 1.82) is 0 Å². The molecule has 70 valence electrons. The predicted octanol–water partition coefficient (Wildman–Crippen LogP) is 1.32. The summed E-state index contributed by atoms with van der Waals surface area (Å²) in [6, 6.07) is 3.38. The van der Waals surface area contributed by atoms with Gasteiger partial charge in [0.25, 0.3) is 0 Å². The van der Waals surface area contributed by atoms with E-state index < -0.39 is 12.1 Å². The van der Waals surface area contributed by atoms with Gasteiger partial charge in [0.15, 0.2) is 6.10 Å². The standard InChI is InChI=1S/C9H11NO3/c1-2-8(9(11)12)13-7-4-3-5-10-6-7/h3-6,8H,2H2,1H3,(H,11,12). The number of carboxylic acid groups (broad SMARTS) is 1. The van der Waals surface area contributed by atoms with E-state index in [0.717, 1.165) is 0 Å². The maximum atomic E-state index is 10.6. The fourth-order valence-electron chi connectivity index (χ4n) is 0.889. The molecule has 1 atom stereocenters. The van der Waals surface area contributed by atoms with Gasteiger partial charge in [-0.25, -0.2) is 4.79 Å². The SMILES string of the molecule is CCC(Oc1cccnc1)C(=O)O. The van der Waals surface area contributed by atoms with Gasteiger partial charge in [-0.3, -0.25) is 4.98 Å². The zero-order chi connectivity index (χ0) is 9.68. The minimum atomic E-state index is -0.952. The third kappa shape index (κ3) is 2.74. The van der Waals surface area contributed by atoms with Crippen LogP contribution in [0, 0.1) is 0 Å². The fourth-order valence-corrected chi connectivity index (χ4v) is 0.889. The summed E-state index contributed by atoms with van der Waals surface area (Å²) in [5, 5.41) is 8.69. The minimum Gasteiger partial charge on any atom is -0.479 e. The van der Waals surface area contributed by atoms with Gasteiger partial charge in [0.05, 0.1) is 6.20 Å². The number of rotatable bonds is 4. The number of pyridine rings is 1. The fraction of sp³-hybridized carbons (Fsp3) is 0.333. The number of ether oxygens (including phenoxy) is 1. The van der Waals surface area contributed by atoms with Crippen molar-refractivity contribution >= 4 is 5.97 Å². The molecule has 0 spiro atoms. The lowest BCUT2D eigenvalue weighted by Crippen LogP contribution is -2.25. The summed E-state index contributed by atoms with van der Waals surface area (Å²) in [7, 11) is 0. The minimum absolute atomic E-state index is 0.435. The number of carbonyl (C=O) groups is 1. The summed E-state index contributed by atoms with van der Waals surface area (Å²) in [4.78, 5) is 14.4. The van der Waals surface area contributed by atoms with Crippen molar-refractivity contribution in [3.05, 3.63) is 24.5 Å². The Hall–Kier alpha value is -1.58. The number of hydrogen-bond acceptors (Lipinski definition) is 3. The molecule has 13 heavy (non-hydrogen) atoms. The molecular weight excluding hydrogens is 170 g/mol. The van der Waals surface area contributed by atoms with Gasteiger partial charge in [0, 0.05) is 6.20 Å². The zero-order valence-corrected chi connectivity index (χ0v) is 7.30. The highest BCUT2D eigenvalue weighted by Crippen LogP contribution is 2.10. The third-order valence-electron chi connectivity index (χ3n) is 1.56. The van der Waals surface area contributed by atoms with Crippen LogP contribution in [0.1, 0.15) is 13.3 Å². The van der Waals surface area contributed by atoms with E-state index in [1.807, 2.05) is 0 Å². The van der Waals surface area contributed by atoms with Gasteiger partial charge in [-0.1, -0.05) is 6.92 Å². The second-order valence-corrected chi connectivity index (χ2v) is 2.54. The van der Waals surface area contributed by atoms with Gasteiger partial charge >= 0.3 is 5.97 Å². The first-order chi connectivity index (χ1) is 6.24. The van der Waals surface area contributed by atoms with Crippen molar-refractivity contribution in [1.82, 2.24) is 4.98 Å². The second kappa shape index (κ2) is 4.45. The first-order valence-electron chi connectivity index (χ1n) is 4.03. The summed E-state index contributed by atoms with van der Waals surface area (Å²) in [6.45, 7) is 1.76. The van der Waals surface area contributed by atoms with Crippen LogP contribution in [0.4, 0.5) is 0 Å². The molecular formula is C9H11NO3. The van der Waals surface area contributed by atoms with E-state index in [1.165, 1.54) is 6.20 Å². The van der Waals surface area contributed by atoms with Gasteiger partial charge in [0.1, 0.15) is 5.75 Å². The summed E-state index contributed by atoms with van der Waals surface area (Å²) in [5.41, 5.74) is 0. The molecule has 0 bridgehead atoms. The van der Waals surface area contributed by atoms with E-state index in [0.29, 0.717) is 12.2 Å². The van der Waals surface area contributed by atoms with Crippen LogP contribution in [0.2, 0.25) is 0 Å². The van der Waals surface area contributed by atoms with E-state index in [2.05, 4.69) is 4.98 Å². The Morgan fingerprint density at radius 2 is 2.54 bits per heavy atom. The lowest BCUT2D eigenvalue weighted by atomic mass is 10.3. The lowest BCUT2D eigenvalue weighted by molar-refractivity contribution is -0.145. The molecule has 0 aliphatic carbocycles. The first-order valence-corrected chi connectivity index (χ1v) is 4.03. The average molecular weight is 181 g/mol. The van der Waals surface area contributed by atoms with Crippen molar-refractivity contribution in [3.63, 3.8) is 0 Å². The largest absolute Gasteiger partial charge is 0.479 e. The molecule has 0 aliphatic heterocycles. The molecule has 0 fully saturated rings. The average Bonchev–Trinajstić information content (AvgIpc) is 2.15. The Kier molecular flexibility index (Phi) is 3.25. The maximum absolute atomic E-state index is 10.6. The molecule has 0 aliphatic rings. The number of carboxylic acids is 1. The van der Waals surface area contributed by atoms with Crippen molar-refractivity contribution in [2.24, 2.45) is 0 Å². The quantitative estimate of drug-likeness (QED) is 0.761. The van der Waals surface area contributed by atoms with E-state index in [9.17, 15) is 4.79 Å². The van der Waals surface area contributed by atoms with Gasteiger partial charge in [-0.15, -0.1) is 0 Å². The topological polar surface area (TPSA) is 59.4 Å². The molecule has 0 amide bonds. The Labute approximate surface area is 76.2 Å². The molecule has 4 heteroatoms. The Morgan fingerprint density at radius 3 is 3.00 bits per heavy atom. The van der Waals surface area contributed by atoms with Crippen LogP contribution in [0.25, 0.3) is 0 Å². The highest BCUT2D eigenvalue weighted by Gasteiger charge is 2.16. The smallest absolute Gasteiger partial charge is 0.344 e. The Bertz CT molecular complexity index is 273. The molecule has 1 unspecified atom stereocenters. The van der Waals surface area contributed by atoms with Gasteiger partial charge in [0.2, 0.25) is 0 Å². The second-order valence-electron chi connectivity index (χ2n) is 2.54. The first kappa shape index (κ1) is 9.51. The summed E-state index contributed by atoms with van der Waals surface area (Å²) in [6.07, 6.45) is 2.74. The number of aliphatic carboxylic acids is 1. The molecule has 1 aromatic heterocycles. The molecule has 0 radical (unpaired) electrons. The molecule has 0 aromatic carbocycles. The van der Waals surface area contributed by atoms with Crippen LogP contribution in [0.5, 0.6) is 5.75 Å². The van der Waals surface area contributed by atoms with Crippen molar-refractivity contribution in [3.8, 4) is 5.75 Å². The lowest BCUT2D eigenvalue weighted by Gasteiger charge is -2.11. The van der Waals surface area contributed by atoms with Gasteiger partial charge < -0.3 is 9.84 Å². The number of aromatic nitrogens is 1. The normalized spacial score (nSPS) is 12.1. The number of hydrogen-bond donors (Lipinski definition) is 1. The van der Waals surface area contributed by atoms with Crippen LogP contribution >= 0.6 is 0 Å². The van der Waals surface area contributed by atoms with Crippen molar-refractivity contribution in [2.75, 3.05) is 0 Å². The molecule has 1 N–H and O–H groups in total. The molecule has 4 nitrogen and oxygen atoms in total. The molecule has 0 saturated heterocycles. The van der Waals surface area contributed by atoms with Crippen LogP contribution in [-0.2, 0) is 4.79 Å². The van der Waals surface area contributed by atoms with Crippen LogP contribution in [-0.4, -0.2) is 22.2 Å².